The van der Waals surface area contributed by atoms with Crippen molar-refractivity contribution < 1.29 is 22.4 Å². The van der Waals surface area contributed by atoms with Gasteiger partial charge < -0.3 is 10.2 Å². The standard InChI is InChI=1S/C16H14F4N4O/c17-11-3-1-10(2-4-11)12-5-6-14(23-22-12)21-13-7-8-24(15(13)25)9-16(18,19)20/h1-6,13H,7-9H2,(H,21,23). The predicted molar refractivity (Wildman–Crippen MR) is 82.1 cm³/mol. The lowest BCUT2D eigenvalue weighted by molar-refractivity contribution is -0.157. The molecule has 1 fully saturated rings. The smallest absolute Gasteiger partial charge is 0.357 e. The summed E-state index contributed by atoms with van der Waals surface area (Å²) in [7, 11) is 0. The molecule has 25 heavy (non-hydrogen) atoms. The van der Waals surface area contributed by atoms with E-state index in [1.54, 1.807) is 24.3 Å². The Kier molecular flexibility index (Phi) is 4.56. The first-order chi connectivity index (χ1) is 11.8. The molecule has 1 amide bonds. The number of alkyl halides is 3. The average Bonchev–Trinajstić information content (AvgIpc) is 2.88. The number of likely N-dealkylation sites (tertiary alicyclic amines) is 1. The van der Waals surface area contributed by atoms with Crippen molar-refractivity contribution in [3.8, 4) is 11.3 Å². The van der Waals surface area contributed by atoms with Crippen LogP contribution in [0.25, 0.3) is 11.3 Å². The van der Waals surface area contributed by atoms with Gasteiger partial charge in [-0.3, -0.25) is 4.79 Å². The first-order valence-electron chi connectivity index (χ1n) is 7.53. The van der Waals surface area contributed by atoms with Gasteiger partial charge in [0.1, 0.15) is 24.2 Å². The Balaban J connectivity index is 1.64. The summed E-state index contributed by atoms with van der Waals surface area (Å²) in [5.41, 5.74) is 1.19. The molecule has 1 N–H and O–H groups in total. The summed E-state index contributed by atoms with van der Waals surface area (Å²) in [5, 5.41) is 10.7. The average molecular weight is 354 g/mol. The fourth-order valence-electron chi connectivity index (χ4n) is 2.61. The Hall–Kier alpha value is -2.71. The molecule has 0 radical (unpaired) electrons. The van der Waals surface area contributed by atoms with Gasteiger partial charge in [0.05, 0.1) is 5.69 Å². The number of amides is 1. The van der Waals surface area contributed by atoms with Crippen molar-refractivity contribution in [1.82, 2.24) is 15.1 Å². The van der Waals surface area contributed by atoms with Crippen LogP contribution >= 0.6 is 0 Å². The Labute approximate surface area is 140 Å². The number of nitrogens with one attached hydrogen (secondary N) is 1. The second kappa shape index (κ2) is 6.66. The van der Waals surface area contributed by atoms with E-state index in [4.69, 9.17) is 0 Å². The molecule has 0 aliphatic carbocycles. The van der Waals surface area contributed by atoms with E-state index in [9.17, 15) is 22.4 Å². The van der Waals surface area contributed by atoms with Crippen LogP contribution in [0.15, 0.2) is 36.4 Å². The van der Waals surface area contributed by atoms with Gasteiger partial charge in [-0.2, -0.15) is 13.2 Å². The molecule has 2 aromatic rings. The number of hydrogen-bond donors (Lipinski definition) is 1. The van der Waals surface area contributed by atoms with Gasteiger partial charge in [0.25, 0.3) is 0 Å². The van der Waals surface area contributed by atoms with Gasteiger partial charge in [-0.25, -0.2) is 4.39 Å². The second-order valence-electron chi connectivity index (χ2n) is 5.67. The van der Waals surface area contributed by atoms with E-state index in [1.807, 2.05) is 0 Å². The molecule has 1 aliphatic heterocycles. The van der Waals surface area contributed by atoms with Gasteiger partial charge in [0.15, 0.2) is 0 Å². The van der Waals surface area contributed by atoms with Crippen LogP contribution in [0.5, 0.6) is 0 Å². The summed E-state index contributed by atoms with van der Waals surface area (Å²) in [6.07, 6.45) is -4.16. The molecule has 1 saturated heterocycles. The number of anilines is 1. The van der Waals surface area contributed by atoms with Gasteiger partial charge in [-0.1, -0.05) is 0 Å². The lowest BCUT2D eigenvalue weighted by atomic mass is 10.1. The van der Waals surface area contributed by atoms with Crippen LogP contribution in [0.2, 0.25) is 0 Å². The molecule has 0 saturated carbocycles. The van der Waals surface area contributed by atoms with Crippen molar-refractivity contribution in [2.24, 2.45) is 0 Å². The van der Waals surface area contributed by atoms with Crippen molar-refractivity contribution >= 4 is 11.7 Å². The second-order valence-corrected chi connectivity index (χ2v) is 5.67. The zero-order valence-corrected chi connectivity index (χ0v) is 12.9. The van der Waals surface area contributed by atoms with Gasteiger partial charge in [-0.15, -0.1) is 10.2 Å². The summed E-state index contributed by atoms with van der Waals surface area (Å²) in [5.74, 6) is -0.682. The van der Waals surface area contributed by atoms with Crippen molar-refractivity contribution in [2.45, 2.75) is 18.6 Å². The molecule has 1 unspecified atom stereocenters. The molecular weight excluding hydrogens is 340 g/mol. The predicted octanol–water partition coefficient (Wildman–Crippen LogP) is 2.86. The molecule has 5 nitrogen and oxygen atoms in total. The third-order valence-electron chi connectivity index (χ3n) is 3.79. The lowest BCUT2D eigenvalue weighted by Gasteiger charge is -2.18. The van der Waals surface area contributed by atoms with Crippen LogP contribution in [0.1, 0.15) is 6.42 Å². The fraction of sp³-hybridized carbons (Fsp3) is 0.312. The van der Waals surface area contributed by atoms with Crippen LogP contribution in [0.3, 0.4) is 0 Å². The van der Waals surface area contributed by atoms with E-state index in [1.165, 1.54) is 12.1 Å². The van der Waals surface area contributed by atoms with E-state index in [0.29, 0.717) is 11.3 Å². The summed E-state index contributed by atoms with van der Waals surface area (Å²) in [6.45, 7) is -1.21. The highest BCUT2D eigenvalue weighted by molar-refractivity contribution is 5.86. The number of hydrogen-bond acceptors (Lipinski definition) is 4. The minimum atomic E-state index is -4.42. The maximum absolute atomic E-state index is 12.9. The van der Waals surface area contributed by atoms with E-state index in [-0.39, 0.29) is 24.6 Å². The SMILES string of the molecule is O=C1C(Nc2ccc(-c3ccc(F)cc3)nn2)CCN1CC(F)(F)F. The largest absolute Gasteiger partial charge is 0.406 e. The molecule has 1 aliphatic rings. The number of nitrogens with zero attached hydrogens (tertiary/aromatic N) is 3. The summed E-state index contributed by atoms with van der Waals surface area (Å²) >= 11 is 0. The molecule has 1 aromatic heterocycles. The van der Waals surface area contributed by atoms with Crippen LogP contribution in [0.4, 0.5) is 23.4 Å². The first kappa shape index (κ1) is 17.1. The monoisotopic (exact) mass is 354 g/mol. The normalized spacial score (nSPS) is 17.8. The van der Waals surface area contributed by atoms with E-state index < -0.39 is 24.7 Å². The maximum atomic E-state index is 12.9. The molecule has 2 heterocycles. The van der Waals surface area contributed by atoms with Crippen LogP contribution in [-0.2, 0) is 4.79 Å². The van der Waals surface area contributed by atoms with Crippen molar-refractivity contribution in [1.29, 1.82) is 0 Å². The zero-order valence-electron chi connectivity index (χ0n) is 12.9. The van der Waals surface area contributed by atoms with E-state index in [2.05, 4.69) is 15.5 Å². The third kappa shape index (κ3) is 4.23. The Morgan fingerprint density at radius 1 is 1.12 bits per heavy atom. The molecule has 9 heteroatoms. The zero-order chi connectivity index (χ0) is 18.0. The van der Waals surface area contributed by atoms with Crippen molar-refractivity contribution in [3.05, 3.63) is 42.2 Å². The van der Waals surface area contributed by atoms with Crippen molar-refractivity contribution in [2.75, 3.05) is 18.4 Å². The van der Waals surface area contributed by atoms with Gasteiger partial charge >= 0.3 is 6.18 Å². The Bertz CT molecular complexity index is 746. The minimum Gasteiger partial charge on any atom is -0.357 e. The van der Waals surface area contributed by atoms with Gasteiger partial charge in [0.2, 0.25) is 5.91 Å². The number of rotatable bonds is 4. The maximum Gasteiger partial charge on any atom is 0.406 e. The summed E-state index contributed by atoms with van der Waals surface area (Å²) in [6, 6.07) is 8.17. The Morgan fingerprint density at radius 2 is 1.84 bits per heavy atom. The molecule has 0 bridgehead atoms. The summed E-state index contributed by atoms with van der Waals surface area (Å²) < 4.78 is 50.1. The highest BCUT2D eigenvalue weighted by Gasteiger charge is 2.39. The molecular formula is C16H14F4N4O. The topological polar surface area (TPSA) is 58.1 Å². The van der Waals surface area contributed by atoms with E-state index >= 15 is 0 Å². The molecule has 0 spiro atoms. The van der Waals surface area contributed by atoms with Crippen LogP contribution in [0, 0.1) is 5.82 Å². The van der Waals surface area contributed by atoms with Crippen LogP contribution in [-0.4, -0.2) is 46.3 Å². The number of benzene rings is 1. The van der Waals surface area contributed by atoms with Gasteiger partial charge in [-0.05, 0) is 42.8 Å². The highest BCUT2D eigenvalue weighted by atomic mass is 19.4. The number of halogens is 4. The van der Waals surface area contributed by atoms with Gasteiger partial charge in [0, 0.05) is 12.1 Å². The third-order valence-corrected chi connectivity index (χ3v) is 3.79. The Morgan fingerprint density at radius 3 is 2.44 bits per heavy atom. The molecule has 1 atom stereocenters. The number of carbonyl (C=O) groups excluding carboxylic acids is 1. The summed E-state index contributed by atoms with van der Waals surface area (Å²) in [4.78, 5) is 12.8. The van der Waals surface area contributed by atoms with Crippen LogP contribution < -0.4 is 5.32 Å². The van der Waals surface area contributed by atoms with Crippen molar-refractivity contribution in [3.63, 3.8) is 0 Å². The molecule has 1 aromatic carbocycles. The fourth-order valence-corrected chi connectivity index (χ4v) is 2.61. The molecule has 3 rings (SSSR count). The highest BCUT2D eigenvalue weighted by Crippen LogP contribution is 2.23. The lowest BCUT2D eigenvalue weighted by Crippen LogP contribution is -2.39. The minimum absolute atomic E-state index is 0.0388. The molecule has 132 valence electrons. The number of carbonyl (C=O) groups is 1. The van der Waals surface area contributed by atoms with E-state index in [0.717, 1.165) is 4.90 Å². The quantitative estimate of drug-likeness (QED) is 0.858. The number of aromatic nitrogens is 2. The first-order valence-corrected chi connectivity index (χ1v) is 7.53.